The summed E-state index contributed by atoms with van der Waals surface area (Å²) < 4.78 is 37.4. The topological polar surface area (TPSA) is 49.4 Å². The minimum atomic E-state index is -4.43. The third-order valence-electron chi connectivity index (χ3n) is 3.56. The zero-order valence-corrected chi connectivity index (χ0v) is 11.8. The molecule has 2 amide bonds. The molecule has 0 spiro atoms. The number of amides is 2. The first-order chi connectivity index (χ1) is 9.24. The van der Waals surface area contributed by atoms with Crippen molar-refractivity contribution in [1.29, 1.82) is 0 Å². The number of rotatable bonds is 5. The van der Waals surface area contributed by atoms with Gasteiger partial charge in [-0.2, -0.15) is 13.2 Å². The van der Waals surface area contributed by atoms with E-state index in [1.54, 1.807) is 0 Å². The van der Waals surface area contributed by atoms with Crippen LogP contribution in [0.3, 0.4) is 0 Å². The second-order valence-corrected chi connectivity index (χ2v) is 5.19. The van der Waals surface area contributed by atoms with Gasteiger partial charge in [-0.05, 0) is 25.7 Å². The summed E-state index contributed by atoms with van der Waals surface area (Å²) in [6, 6.07) is -0.836. The summed E-state index contributed by atoms with van der Waals surface area (Å²) in [5, 5.41) is 2.52. The molecule has 0 aromatic rings. The predicted molar refractivity (Wildman–Crippen MR) is 67.9 cm³/mol. The van der Waals surface area contributed by atoms with Crippen molar-refractivity contribution < 1.29 is 22.8 Å². The van der Waals surface area contributed by atoms with Gasteiger partial charge >= 0.3 is 6.18 Å². The van der Waals surface area contributed by atoms with Gasteiger partial charge in [-0.25, -0.2) is 0 Å². The van der Waals surface area contributed by atoms with E-state index in [0.29, 0.717) is 0 Å². The van der Waals surface area contributed by atoms with Crippen molar-refractivity contribution in [1.82, 2.24) is 10.2 Å². The van der Waals surface area contributed by atoms with Crippen LogP contribution in [0.1, 0.15) is 39.5 Å². The van der Waals surface area contributed by atoms with E-state index in [9.17, 15) is 22.8 Å². The van der Waals surface area contributed by atoms with Gasteiger partial charge < -0.3 is 10.2 Å². The van der Waals surface area contributed by atoms with Crippen LogP contribution in [-0.2, 0) is 9.59 Å². The molecule has 0 aromatic heterocycles. The molecule has 1 fully saturated rings. The Morgan fingerprint density at radius 3 is 2.25 bits per heavy atom. The van der Waals surface area contributed by atoms with Crippen LogP contribution in [0.25, 0.3) is 0 Å². The van der Waals surface area contributed by atoms with Crippen LogP contribution in [0.4, 0.5) is 13.2 Å². The molecule has 1 saturated carbocycles. The molecule has 1 N–H and O–H groups in total. The molecular formula is C13H21F3N2O2. The van der Waals surface area contributed by atoms with Crippen LogP contribution < -0.4 is 5.32 Å². The van der Waals surface area contributed by atoms with Gasteiger partial charge in [0.2, 0.25) is 11.8 Å². The molecule has 0 unspecified atom stereocenters. The summed E-state index contributed by atoms with van der Waals surface area (Å²) in [6.45, 7) is 1.48. The standard InChI is InChI=1S/C13H21F3N2O2/c1-3-18(8-13(14,15)16)12(20)11(17-9(2)19)10-6-4-5-7-10/h10-11H,3-8H2,1-2H3,(H,17,19)/t11-/m0/s1. The fourth-order valence-corrected chi connectivity index (χ4v) is 2.65. The summed E-state index contributed by atoms with van der Waals surface area (Å²) in [6.07, 6.45) is -1.01. The number of alkyl halides is 3. The van der Waals surface area contributed by atoms with Crippen LogP contribution in [0, 0.1) is 5.92 Å². The quantitative estimate of drug-likeness (QED) is 0.844. The van der Waals surface area contributed by atoms with Crippen LogP contribution in [0.2, 0.25) is 0 Å². The van der Waals surface area contributed by atoms with E-state index in [4.69, 9.17) is 0 Å². The lowest BCUT2D eigenvalue weighted by atomic mass is 9.96. The molecular weight excluding hydrogens is 273 g/mol. The lowest BCUT2D eigenvalue weighted by molar-refractivity contribution is -0.163. The largest absolute Gasteiger partial charge is 0.406 e. The number of carbonyl (C=O) groups excluding carboxylic acids is 2. The van der Waals surface area contributed by atoms with E-state index >= 15 is 0 Å². The van der Waals surface area contributed by atoms with E-state index in [2.05, 4.69) is 5.32 Å². The van der Waals surface area contributed by atoms with Gasteiger partial charge in [-0.15, -0.1) is 0 Å². The zero-order chi connectivity index (χ0) is 15.3. The predicted octanol–water partition coefficient (Wildman–Crippen LogP) is 2.09. The molecule has 4 nitrogen and oxygen atoms in total. The Kier molecular flexibility index (Phi) is 5.83. The van der Waals surface area contributed by atoms with Crippen molar-refractivity contribution in [2.45, 2.75) is 51.7 Å². The first-order valence-electron chi connectivity index (χ1n) is 6.87. The lowest BCUT2D eigenvalue weighted by Gasteiger charge is -2.30. The molecule has 1 aliphatic carbocycles. The van der Waals surface area contributed by atoms with Gasteiger partial charge in [-0.1, -0.05) is 12.8 Å². The molecule has 1 atom stereocenters. The average Bonchev–Trinajstić information content (AvgIpc) is 2.84. The third-order valence-corrected chi connectivity index (χ3v) is 3.56. The van der Waals surface area contributed by atoms with E-state index in [1.807, 2.05) is 0 Å². The van der Waals surface area contributed by atoms with Crippen molar-refractivity contribution in [3.63, 3.8) is 0 Å². The SMILES string of the molecule is CCN(CC(F)(F)F)C(=O)[C@@H](NC(C)=O)C1CCCC1. The third kappa shape index (κ3) is 5.02. The fourth-order valence-electron chi connectivity index (χ4n) is 2.65. The van der Waals surface area contributed by atoms with Crippen molar-refractivity contribution in [2.75, 3.05) is 13.1 Å². The second-order valence-electron chi connectivity index (χ2n) is 5.19. The molecule has 0 bridgehead atoms. The highest BCUT2D eigenvalue weighted by Gasteiger charge is 2.38. The number of hydrogen-bond donors (Lipinski definition) is 1. The number of nitrogens with one attached hydrogen (secondary N) is 1. The molecule has 7 heteroatoms. The summed E-state index contributed by atoms with van der Waals surface area (Å²) in [5.74, 6) is -1.08. The van der Waals surface area contributed by atoms with E-state index in [0.717, 1.165) is 30.6 Å². The Morgan fingerprint density at radius 2 is 1.85 bits per heavy atom. The molecule has 1 rings (SSSR count). The Balaban J connectivity index is 2.81. The van der Waals surface area contributed by atoms with Gasteiger partial charge in [0, 0.05) is 13.5 Å². The monoisotopic (exact) mass is 294 g/mol. The smallest absolute Gasteiger partial charge is 0.344 e. The zero-order valence-electron chi connectivity index (χ0n) is 11.8. The Bertz CT molecular complexity index is 352. The van der Waals surface area contributed by atoms with Crippen molar-refractivity contribution in [3.05, 3.63) is 0 Å². The summed E-state index contributed by atoms with van der Waals surface area (Å²) in [5.41, 5.74) is 0. The molecule has 0 heterocycles. The Hall–Kier alpha value is -1.27. The molecule has 0 aliphatic heterocycles. The van der Waals surface area contributed by atoms with Crippen LogP contribution >= 0.6 is 0 Å². The molecule has 0 radical (unpaired) electrons. The first-order valence-corrected chi connectivity index (χ1v) is 6.87. The number of nitrogens with zero attached hydrogens (tertiary/aromatic N) is 1. The Morgan fingerprint density at radius 1 is 1.30 bits per heavy atom. The Labute approximate surface area is 116 Å². The van der Waals surface area contributed by atoms with Crippen molar-refractivity contribution in [2.24, 2.45) is 5.92 Å². The normalized spacial score (nSPS) is 17.9. The van der Waals surface area contributed by atoms with Gasteiger partial charge in [0.15, 0.2) is 0 Å². The maximum absolute atomic E-state index is 12.5. The second kappa shape index (κ2) is 6.95. The molecule has 1 aliphatic rings. The average molecular weight is 294 g/mol. The van der Waals surface area contributed by atoms with Crippen LogP contribution in [0.5, 0.6) is 0 Å². The fraction of sp³-hybridized carbons (Fsp3) is 0.846. The molecule has 0 aromatic carbocycles. The number of carbonyl (C=O) groups is 2. The maximum Gasteiger partial charge on any atom is 0.406 e. The number of halogens is 3. The first kappa shape index (κ1) is 16.8. The highest BCUT2D eigenvalue weighted by atomic mass is 19.4. The van der Waals surface area contributed by atoms with E-state index < -0.39 is 30.6 Å². The van der Waals surface area contributed by atoms with Gasteiger partial charge in [0.05, 0.1) is 0 Å². The molecule has 116 valence electrons. The number of hydrogen-bond acceptors (Lipinski definition) is 2. The summed E-state index contributed by atoms with van der Waals surface area (Å²) in [7, 11) is 0. The number of likely N-dealkylation sites (N-methyl/N-ethyl adjacent to an activating group) is 1. The molecule has 20 heavy (non-hydrogen) atoms. The van der Waals surface area contributed by atoms with Crippen molar-refractivity contribution in [3.8, 4) is 0 Å². The summed E-state index contributed by atoms with van der Waals surface area (Å²) >= 11 is 0. The lowest BCUT2D eigenvalue weighted by Crippen LogP contribution is -2.53. The van der Waals surface area contributed by atoms with Crippen molar-refractivity contribution >= 4 is 11.8 Å². The van der Waals surface area contributed by atoms with Crippen LogP contribution in [-0.4, -0.2) is 42.0 Å². The van der Waals surface area contributed by atoms with Gasteiger partial charge in [-0.3, -0.25) is 9.59 Å². The van der Waals surface area contributed by atoms with Crippen LogP contribution in [0.15, 0.2) is 0 Å². The maximum atomic E-state index is 12.5. The van der Waals surface area contributed by atoms with E-state index in [1.165, 1.54) is 13.8 Å². The van der Waals surface area contributed by atoms with Gasteiger partial charge in [0.25, 0.3) is 0 Å². The highest BCUT2D eigenvalue weighted by Crippen LogP contribution is 2.29. The minimum absolute atomic E-state index is 0.0266. The van der Waals surface area contributed by atoms with Gasteiger partial charge in [0.1, 0.15) is 12.6 Å². The molecule has 0 saturated heterocycles. The highest BCUT2D eigenvalue weighted by molar-refractivity contribution is 5.87. The van der Waals surface area contributed by atoms with E-state index in [-0.39, 0.29) is 12.5 Å². The summed E-state index contributed by atoms with van der Waals surface area (Å²) in [4.78, 5) is 24.3. The minimum Gasteiger partial charge on any atom is -0.344 e.